The zero-order valence-corrected chi connectivity index (χ0v) is 12.7. The summed E-state index contributed by atoms with van der Waals surface area (Å²) in [5, 5.41) is 5.55. The van der Waals surface area contributed by atoms with Crippen molar-refractivity contribution < 1.29 is 9.47 Å². The van der Waals surface area contributed by atoms with E-state index < -0.39 is 0 Å². The summed E-state index contributed by atoms with van der Waals surface area (Å²) in [6.07, 6.45) is 1.84. The summed E-state index contributed by atoms with van der Waals surface area (Å²) in [7, 11) is 1.65. The maximum atomic E-state index is 5.43. The smallest absolute Gasteiger partial charge is 0.213 e. The van der Waals surface area contributed by atoms with E-state index in [4.69, 9.17) is 9.47 Å². The molecule has 5 heteroatoms. The molecule has 0 aliphatic heterocycles. The van der Waals surface area contributed by atoms with Crippen LogP contribution < -0.4 is 10.1 Å². The van der Waals surface area contributed by atoms with Crippen LogP contribution in [0.5, 0.6) is 5.88 Å². The standard InChI is InChI=1S/C15H20N2O2S/c1-12-5-8-20-14(12)11-16-9-13-3-4-15(17-10-13)19-7-6-18-2/h3-5,8,10,16H,6-7,9,11H2,1-2H3. The third-order valence-corrected chi connectivity index (χ3v) is 3.94. The van der Waals surface area contributed by atoms with Gasteiger partial charge in [0.05, 0.1) is 6.61 Å². The van der Waals surface area contributed by atoms with Crippen molar-refractivity contribution in [3.63, 3.8) is 0 Å². The van der Waals surface area contributed by atoms with Crippen LogP contribution in [0.25, 0.3) is 0 Å². The summed E-state index contributed by atoms with van der Waals surface area (Å²) in [6.45, 7) is 4.95. The van der Waals surface area contributed by atoms with Gasteiger partial charge < -0.3 is 14.8 Å². The van der Waals surface area contributed by atoms with E-state index in [-0.39, 0.29) is 0 Å². The molecule has 0 aliphatic carbocycles. The van der Waals surface area contributed by atoms with Crippen LogP contribution in [0.1, 0.15) is 16.0 Å². The topological polar surface area (TPSA) is 43.4 Å². The molecule has 20 heavy (non-hydrogen) atoms. The van der Waals surface area contributed by atoms with Gasteiger partial charge in [-0.15, -0.1) is 11.3 Å². The highest BCUT2D eigenvalue weighted by atomic mass is 32.1. The van der Waals surface area contributed by atoms with Crippen LogP contribution in [-0.2, 0) is 17.8 Å². The molecule has 0 fully saturated rings. The molecule has 1 N–H and O–H groups in total. The first kappa shape index (κ1) is 15.0. The van der Waals surface area contributed by atoms with E-state index in [1.165, 1.54) is 10.4 Å². The highest BCUT2D eigenvalue weighted by Crippen LogP contribution is 2.15. The SMILES string of the molecule is COCCOc1ccc(CNCc2sccc2C)cn1. The first-order valence-corrected chi connectivity index (χ1v) is 7.48. The van der Waals surface area contributed by atoms with Gasteiger partial charge in [0.25, 0.3) is 0 Å². The normalized spacial score (nSPS) is 10.7. The number of aromatic nitrogens is 1. The first-order chi connectivity index (χ1) is 9.79. The van der Waals surface area contributed by atoms with Crippen LogP contribution in [0.4, 0.5) is 0 Å². The molecule has 0 aromatic carbocycles. The molecule has 0 radical (unpaired) electrons. The van der Waals surface area contributed by atoms with Gasteiger partial charge in [-0.3, -0.25) is 0 Å². The highest BCUT2D eigenvalue weighted by molar-refractivity contribution is 7.10. The van der Waals surface area contributed by atoms with Crippen molar-refractivity contribution in [1.82, 2.24) is 10.3 Å². The van der Waals surface area contributed by atoms with E-state index in [9.17, 15) is 0 Å². The first-order valence-electron chi connectivity index (χ1n) is 6.60. The van der Waals surface area contributed by atoms with E-state index in [1.807, 2.05) is 18.3 Å². The van der Waals surface area contributed by atoms with Gasteiger partial charge in [0.1, 0.15) is 6.61 Å². The summed E-state index contributed by atoms with van der Waals surface area (Å²) in [5.41, 5.74) is 2.50. The largest absolute Gasteiger partial charge is 0.475 e. The van der Waals surface area contributed by atoms with Crippen LogP contribution in [0.3, 0.4) is 0 Å². The maximum absolute atomic E-state index is 5.43. The van der Waals surface area contributed by atoms with Crippen LogP contribution in [0.2, 0.25) is 0 Å². The monoisotopic (exact) mass is 292 g/mol. The van der Waals surface area contributed by atoms with Crippen LogP contribution >= 0.6 is 11.3 Å². The fourth-order valence-corrected chi connectivity index (χ4v) is 2.61. The average Bonchev–Trinajstić information content (AvgIpc) is 2.87. The minimum Gasteiger partial charge on any atom is -0.475 e. The van der Waals surface area contributed by atoms with Crippen LogP contribution in [0, 0.1) is 6.92 Å². The maximum Gasteiger partial charge on any atom is 0.213 e. The molecule has 0 amide bonds. The van der Waals surface area contributed by atoms with Gasteiger partial charge in [-0.05, 0) is 29.5 Å². The molecule has 0 atom stereocenters. The second-order valence-corrected chi connectivity index (χ2v) is 5.48. The lowest BCUT2D eigenvalue weighted by molar-refractivity contribution is 0.143. The number of hydrogen-bond donors (Lipinski definition) is 1. The van der Waals surface area contributed by atoms with Crippen LogP contribution in [-0.4, -0.2) is 25.3 Å². The Morgan fingerprint density at radius 3 is 2.75 bits per heavy atom. The predicted octanol–water partition coefficient (Wildman–Crippen LogP) is 2.77. The van der Waals surface area contributed by atoms with Crippen molar-refractivity contribution in [2.45, 2.75) is 20.0 Å². The molecule has 2 heterocycles. The number of rotatable bonds is 8. The lowest BCUT2D eigenvalue weighted by Crippen LogP contribution is -2.12. The number of nitrogens with zero attached hydrogens (tertiary/aromatic N) is 1. The zero-order chi connectivity index (χ0) is 14.2. The fourth-order valence-electron chi connectivity index (χ4n) is 1.74. The molecular formula is C15H20N2O2S. The minimum atomic E-state index is 0.527. The molecule has 0 bridgehead atoms. The number of aryl methyl sites for hydroxylation is 1. The molecule has 0 aliphatic rings. The number of pyridine rings is 1. The fraction of sp³-hybridized carbons (Fsp3) is 0.400. The summed E-state index contributed by atoms with van der Waals surface area (Å²) in [6, 6.07) is 6.07. The number of thiophene rings is 1. The molecule has 2 rings (SSSR count). The molecular weight excluding hydrogens is 272 g/mol. The number of ether oxygens (including phenoxy) is 2. The molecule has 2 aromatic heterocycles. The number of nitrogens with one attached hydrogen (secondary N) is 1. The minimum absolute atomic E-state index is 0.527. The predicted molar refractivity (Wildman–Crippen MR) is 81.2 cm³/mol. The Hall–Kier alpha value is -1.43. The van der Waals surface area contributed by atoms with E-state index >= 15 is 0 Å². The summed E-state index contributed by atoms with van der Waals surface area (Å²) < 4.78 is 10.3. The lowest BCUT2D eigenvalue weighted by atomic mass is 10.2. The summed E-state index contributed by atoms with van der Waals surface area (Å²) in [5.74, 6) is 0.639. The van der Waals surface area contributed by atoms with Crippen molar-refractivity contribution in [3.05, 3.63) is 45.8 Å². The Bertz CT molecular complexity index is 511. The van der Waals surface area contributed by atoms with Gasteiger partial charge in [-0.25, -0.2) is 4.98 Å². The molecule has 0 unspecified atom stereocenters. The Morgan fingerprint density at radius 1 is 1.20 bits per heavy atom. The van der Waals surface area contributed by atoms with E-state index in [0.29, 0.717) is 19.1 Å². The van der Waals surface area contributed by atoms with Crippen molar-refractivity contribution in [3.8, 4) is 5.88 Å². The van der Waals surface area contributed by atoms with Crippen LogP contribution in [0.15, 0.2) is 29.8 Å². The molecule has 2 aromatic rings. The van der Waals surface area contributed by atoms with Gasteiger partial charge in [0, 0.05) is 37.3 Å². The van der Waals surface area contributed by atoms with Crippen molar-refractivity contribution in [2.24, 2.45) is 0 Å². The number of methoxy groups -OCH3 is 1. The second-order valence-electron chi connectivity index (χ2n) is 4.48. The Balaban J connectivity index is 1.74. The quantitative estimate of drug-likeness (QED) is 0.760. The van der Waals surface area contributed by atoms with Crippen molar-refractivity contribution in [2.75, 3.05) is 20.3 Å². The third-order valence-electron chi connectivity index (χ3n) is 2.92. The molecule has 4 nitrogen and oxygen atoms in total. The number of hydrogen-bond acceptors (Lipinski definition) is 5. The average molecular weight is 292 g/mol. The zero-order valence-electron chi connectivity index (χ0n) is 11.9. The summed E-state index contributed by atoms with van der Waals surface area (Å²) in [4.78, 5) is 5.66. The Kier molecular flexibility index (Phi) is 5.98. The Morgan fingerprint density at radius 2 is 2.10 bits per heavy atom. The van der Waals surface area contributed by atoms with Crippen molar-refractivity contribution in [1.29, 1.82) is 0 Å². The van der Waals surface area contributed by atoms with E-state index in [2.05, 4.69) is 28.7 Å². The lowest BCUT2D eigenvalue weighted by Gasteiger charge is -2.07. The van der Waals surface area contributed by atoms with Gasteiger partial charge in [-0.1, -0.05) is 6.07 Å². The van der Waals surface area contributed by atoms with E-state index in [0.717, 1.165) is 18.7 Å². The third kappa shape index (κ3) is 4.59. The van der Waals surface area contributed by atoms with Gasteiger partial charge in [0.15, 0.2) is 0 Å². The van der Waals surface area contributed by atoms with Gasteiger partial charge in [-0.2, -0.15) is 0 Å². The second kappa shape index (κ2) is 7.99. The molecule has 0 saturated carbocycles. The molecule has 108 valence electrons. The highest BCUT2D eigenvalue weighted by Gasteiger charge is 2.00. The Labute approximate surface area is 123 Å². The van der Waals surface area contributed by atoms with Gasteiger partial charge in [0.2, 0.25) is 5.88 Å². The van der Waals surface area contributed by atoms with Crippen molar-refractivity contribution >= 4 is 11.3 Å². The molecule has 0 saturated heterocycles. The van der Waals surface area contributed by atoms with Gasteiger partial charge >= 0.3 is 0 Å². The summed E-state index contributed by atoms with van der Waals surface area (Å²) >= 11 is 1.79. The molecule has 0 spiro atoms. The van der Waals surface area contributed by atoms with E-state index in [1.54, 1.807) is 18.4 Å².